The van der Waals surface area contributed by atoms with E-state index in [1.807, 2.05) is 30.3 Å². The maximum absolute atomic E-state index is 12.6. The molecule has 0 N–H and O–H groups in total. The molecule has 51 heavy (non-hydrogen) atoms. The van der Waals surface area contributed by atoms with E-state index in [2.05, 4.69) is 101 Å². The van der Waals surface area contributed by atoms with Crippen LogP contribution in [0.2, 0.25) is 36.3 Å². The summed E-state index contributed by atoms with van der Waals surface area (Å²) in [6.07, 6.45) is 5.57. The van der Waals surface area contributed by atoms with E-state index in [1.165, 1.54) is 6.08 Å². The second-order valence-corrected chi connectivity index (χ2v) is 27.2. The minimum Gasteiger partial charge on any atom is -0.497 e. The van der Waals surface area contributed by atoms with Gasteiger partial charge in [0.2, 0.25) is 5.79 Å². The zero-order chi connectivity index (χ0) is 39.2. The molecule has 0 unspecified atom stereocenters. The number of carbonyl (C=O) groups excluding carboxylic acids is 1. The molecule has 0 saturated heterocycles. The fraction of sp³-hybridized carbons (Fsp3) is 0.683. The minimum absolute atomic E-state index is 0.0203. The number of ether oxygens (including phenoxy) is 5. The van der Waals surface area contributed by atoms with Gasteiger partial charge in [-0.3, -0.25) is 0 Å². The fourth-order valence-corrected chi connectivity index (χ4v) is 8.54. The summed E-state index contributed by atoms with van der Waals surface area (Å²) < 4.78 is 44.1. The molecule has 290 valence electrons. The molecule has 1 heterocycles. The molecule has 8 nitrogen and oxygen atoms in total. The second-order valence-electron chi connectivity index (χ2n) is 17.7. The van der Waals surface area contributed by atoms with E-state index in [1.54, 1.807) is 28.1 Å². The van der Waals surface area contributed by atoms with Crippen LogP contribution < -0.4 is 9.47 Å². The van der Waals surface area contributed by atoms with Crippen molar-refractivity contribution in [1.82, 2.24) is 0 Å². The normalized spacial score (nSPS) is 19.4. The van der Waals surface area contributed by atoms with Gasteiger partial charge in [0.05, 0.1) is 31.5 Å². The largest absolute Gasteiger partial charge is 0.497 e. The number of cyclic esters (lactones) is 1. The van der Waals surface area contributed by atoms with Crippen molar-refractivity contribution in [2.45, 2.75) is 155 Å². The van der Waals surface area contributed by atoms with E-state index >= 15 is 0 Å². The smallest absolute Gasteiger partial charge is 0.337 e. The SMILES string of the molecule is C=C[C@@H](C/C(C)=C/[C@@H](OC)[C@@H](C)[C@H](O[Si](C)(C)C(C)(C)C)[C@H](C)[C@H](CC1=CC(=O)OC(C)(C)O1)O[Si](C)(C)C(C)(C)C)Oc1ccc(OC)cc1. The number of rotatable bonds is 18. The van der Waals surface area contributed by atoms with Crippen molar-refractivity contribution in [2.24, 2.45) is 11.8 Å². The van der Waals surface area contributed by atoms with Crippen LogP contribution in [0.15, 0.2) is 60.4 Å². The lowest BCUT2D eigenvalue weighted by atomic mass is 9.84. The van der Waals surface area contributed by atoms with Gasteiger partial charge in [0.15, 0.2) is 16.6 Å². The van der Waals surface area contributed by atoms with Gasteiger partial charge in [-0.25, -0.2) is 4.79 Å². The Balaban J connectivity index is 2.54. The molecule has 1 aliphatic heterocycles. The van der Waals surface area contributed by atoms with E-state index in [-0.39, 0.29) is 46.3 Å². The van der Waals surface area contributed by atoms with Gasteiger partial charge in [-0.05, 0) is 67.5 Å². The zero-order valence-electron chi connectivity index (χ0n) is 34.9. The molecule has 0 amide bonds. The highest BCUT2D eigenvalue weighted by molar-refractivity contribution is 6.74. The van der Waals surface area contributed by atoms with Crippen molar-refractivity contribution >= 4 is 22.6 Å². The lowest BCUT2D eigenvalue weighted by Crippen LogP contribution is -2.53. The Morgan fingerprint density at radius 1 is 0.882 bits per heavy atom. The first-order chi connectivity index (χ1) is 23.3. The summed E-state index contributed by atoms with van der Waals surface area (Å²) >= 11 is 0. The Labute approximate surface area is 312 Å². The van der Waals surface area contributed by atoms with Gasteiger partial charge in [-0.15, -0.1) is 0 Å². The van der Waals surface area contributed by atoms with Gasteiger partial charge in [0.1, 0.15) is 23.4 Å². The molecule has 2 rings (SSSR count). The van der Waals surface area contributed by atoms with Crippen LogP contribution in [0.4, 0.5) is 0 Å². The van der Waals surface area contributed by atoms with Crippen molar-refractivity contribution < 1.29 is 37.3 Å². The van der Waals surface area contributed by atoms with Gasteiger partial charge >= 0.3 is 5.97 Å². The molecular weight excluding hydrogens is 677 g/mol. The van der Waals surface area contributed by atoms with Gasteiger partial charge in [0, 0.05) is 45.6 Å². The highest BCUT2D eigenvalue weighted by atomic mass is 28.4. The van der Waals surface area contributed by atoms with E-state index in [0.717, 1.165) is 17.1 Å². The van der Waals surface area contributed by atoms with E-state index < -0.39 is 28.4 Å². The molecule has 1 aliphatic rings. The average molecular weight is 747 g/mol. The Bertz CT molecular complexity index is 1350. The standard InChI is InChI=1S/C41H70O8Si2/c1-19-31(45-33-22-20-32(43-13)21-23-33)24-28(2)25-35(44-14)29(3)38(49-51(17,18)40(8,9)10)30(4)36(48-50(15,16)39(5,6)7)26-34-27-37(42)47-41(11,12)46-34/h19-23,25,27,29-31,35-36,38H,1,24,26H2,2-18H3/b28-25+/t29-,30-,31+,35-,36+,38+/m1/s1. The van der Waals surface area contributed by atoms with E-state index in [4.69, 9.17) is 32.5 Å². The van der Waals surface area contributed by atoms with Gasteiger partial charge in [-0.2, -0.15) is 0 Å². The summed E-state index contributed by atoms with van der Waals surface area (Å²) in [4.78, 5) is 12.6. The molecule has 10 heteroatoms. The Kier molecular flexibility index (Phi) is 15.5. The number of esters is 1. The number of benzene rings is 1. The molecule has 0 radical (unpaired) electrons. The Hall–Kier alpha value is -2.38. The summed E-state index contributed by atoms with van der Waals surface area (Å²) in [5.74, 6) is 0.503. The van der Waals surface area contributed by atoms with Crippen LogP contribution in [0.1, 0.15) is 89.0 Å². The molecular formula is C41H70O8Si2. The van der Waals surface area contributed by atoms with Crippen LogP contribution in [-0.4, -0.2) is 67.0 Å². The molecule has 0 fully saturated rings. The van der Waals surface area contributed by atoms with Crippen molar-refractivity contribution in [3.8, 4) is 11.5 Å². The van der Waals surface area contributed by atoms with Gasteiger partial charge in [-0.1, -0.05) is 79.7 Å². The first-order valence-electron chi connectivity index (χ1n) is 18.4. The van der Waals surface area contributed by atoms with Crippen LogP contribution in [0.3, 0.4) is 0 Å². The molecule has 0 aromatic heterocycles. The van der Waals surface area contributed by atoms with Crippen LogP contribution in [-0.2, 0) is 27.9 Å². The lowest BCUT2D eigenvalue weighted by Gasteiger charge is -2.47. The third-order valence-electron chi connectivity index (χ3n) is 10.9. The summed E-state index contributed by atoms with van der Waals surface area (Å²) in [6.45, 7) is 36.7. The van der Waals surface area contributed by atoms with Crippen LogP contribution >= 0.6 is 0 Å². The topological polar surface area (TPSA) is 81.7 Å². The summed E-state index contributed by atoms with van der Waals surface area (Å²) in [5.41, 5.74) is 1.13. The van der Waals surface area contributed by atoms with E-state index in [0.29, 0.717) is 18.6 Å². The fourth-order valence-electron chi connectivity index (χ4n) is 5.67. The molecule has 6 atom stereocenters. The maximum atomic E-state index is 12.6. The third-order valence-corrected chi connectivity index (χ3v) is 19.9. The van der Waals surface area contributed by atoms with Gasteiger partial charge in [0.25, 0.3) is 0 Å². The highest BCUT2D eigenvalue weighted by Crippen LogP contribution is 2.44. The van der Waals surface area contributed by atoms with Gasteiger partial charge < -0.3 is 32.5 Å². The first kappa shape index (κ1) is 44.8. The van der Waals surface area contributed by atoms with Crippen LogP contribution in [0.5, 0.6) is 11.5 Å². The number of methoxy groups -OCH3 is 2. The molecule has 0 bridgehead atoms. The van der Waals surface area contributed by atoms with Crippen molar-refractivity contribution in [3.05, 3.63) is 60.4 Å². The average Bonchev–Trinajstić information content (AvgIpc) is 2.99. The third kappa shape index (κ3) is 12.9. The predicted octanol–water partition coefficient (Wildman–Crippen LogP) is 10.6. The second kappa shape index (κ2) is 17.6. The molecule has 0 saturated carbocycles. The maximum Gasteiger partial charge on any atom is 0.337 e. The predicted molar refractivity (Wildman–Crippen MR) is 213 cm³/mol. The summed E-state index contributed by atoms with van der Waals surface area (Å²) in [6, 6.07) is 7.57. The number of carbonyl (C=O) groups is 1. The van der Waals surface area contributed by atoms with Crippen LogP contribution in [0.25, 0.3) is 0 Å². The minimum atomic E-state index is -2.28. The van der Waals surface area contributed by atoms with Crippen LogP contribution in [0, 0.1) is 11.8 Å². The number of hydrogen-bond donors (Lipinski definition) is 0. The van der Waals surface area contributed by atoms with Crippen molar-refractivity contribution in [2.75, 3.05) is 14.2 Å². The Morgan fingerprint density at radius 3 is 1.88 bits per heavy atom. The molecule has 1 aromatic carbocycles. The monoisotopic (exact) mass is 746 g/mol. The number of hydrogen-bond acceptors (Lipinski definition) is 8. The molecule has 0 spiro atoms. The summed E-state index contributed by atoms with van der Waals surface area (Å²) in [7, 11) is -1.16. The highest BCUT2D eigenvalue weighted by Gasteiger charge is 2.47. The first-order valence-corrected chi connectivity index (χ1v) is 24.2. The van der Waals surface area contributed by atoms with Crippen molar-refractivity contribution in [1.29, 1.82) is 0 Å². The summed E-state index contributed by atoms with van der Waals surface area (Å²) in [5, 5.41) is -0.0512. The molecule has 1 aromatic rings. The van der Waals surface area contributed by atoms with Crippen molar-refractivity contribution in [3.63, 3.8) is 0 Å². The zero-order valence-corrected chi connectivity index (χ0v) is 36.9. The molecule has 0 aliphatic carbocycles. The quantitative estimate of drug-likeness (QED) is 0.0834. The Morgan fingerprint density at radius 2 is 1.41 bits per heavy atom. The lowest BCUT2D eigenvalue weighted by molar-refractivity contribution is -0.207. The van der Waals surface area contributed by atoms with E-state index in [9.17, 15) is 4.79 Å².